The first-order valence-corrected chi connectivity index (χ1v) is 9.79. The minimum Gasteiger partial charge on any atom is -0.460 e. The number of anilines is 1. The van der Waals surface area contributed by atoms with Gasteiger partial charge in [-0.3, -0.25) is 4.57 Å². The average molecular weight is 463 g/mol. The van der Waals surface area contributed by atoms with Crippen LogP contribution in [0.2, 0.25) is 0 Å². The van der Waals surface area contributed by atoms with Crippen LogP contribution in [0.4, 0.5) is 5.82 Å². The average Bonchev–Trinajstić information content (AvgIpc) is 3.09. The normalized spacial score (nSPS) is 25.1. The van der Waals surface area contributed by atoms with E-state index in [2.05, 4.69) is 17.0 Å². The molecule has 0 aromatic carbocycles. The van der Waals surface area contributed by atoms with Crippen molar-refractivity contribution in [2.45, 2.75) is 38.4 Å². The number of fused-ring (bicyclic) bond motifs is 1. The lowest BCUT2D eigenvalue weighted by atomic mass is 10.1. The first-order valence-electron chi connectivity index (χ1n) is 9.79. The Hall–Kier alpha value is -4.00. The molecule has 2 aliphatic rings. The van der Waals surface area contributed by atoms with Crippen LogP contribution in [0.5, 0.6) is 0 Å². The lowest BCUT2D eigenvalue weighted by molar-refractivity contribution is -0.164. The Morgan fingerprint density at radius 3 is 2.48 bits per heavy atom. The second kappa shape index (κ2) is 10.1. The summed E-state index contributed by atoms with van der Waals surface area (Å²) in [6.45, 7) is 6.17. The van der Waals surface area contributed by atoms with Gasteiger partial charge < -0.3 is 23.8 Å². The fourth-order valence-electron chi connectivity index (χ4n) is 2.92. The van der Waals surface area contributed by atoms with Crippen molar-refractivity contribution in [1.29, 1.82) is 0 Å². The van der Waals surface area contributed by atoms with Crippen LogP contribution in [0.25, 0.3) is 0 Å². The second-order valence-electron chi connectivity index (χ2n) is 7.22. The molecule has 0 bridgehead atoms. The van der Waals surface area contributed by atoms with Crippen LogP contribution in [-0.4, -0.2) is 58.3 Å². The molecule has 0 radical (unpaired) electrons. The first-order chi connectivity index (χ1) is 15.7. The molecule has 1 aromatic rings. The van der Waals surface area contributed by atoms with E-state index in [0.29, 0.717) is 0 Å². The molecule has 0 amide bonds. The van der Waals surface area contributed by atoms with Gasteiger partial charge in [-0.15, -0.1) is 0 Å². The Morgan fingerprint density at radius 1 is 1.21 bits per heavy atom. The lowest BCUT2D eigenvalue weighted by Gasteiger charge is -2.25. The lowest BCUT2D eigenvalue weighted by Crippen LogP contribution is -2.43. The topological polar surface area (TPSA) is 161 Å². The highest BCUT2D eigenvalue weighted by molar-refractivity contribution is 5.92. The molecule has 33 heavy (non-hydrogen) atoms. The highest BCUT2D eigenvalue weighted by atomic mass is 16.7. The van der Waals surface area contributed by atoms with Crippen LogP contribution in [0, 0.1) is 5.92 Å². The van der Waals surface area contributed by atoms with Gasteiger partial charge in [-0.2, -0.15) is 4.98 Å². The molecule has 13 nitrogen and oxygen atoms in total. The summed E-state index contributed by atoms with van der Waals surface area (Å²) >= 11 is 0. The summed E-state index contributed by atoms with van der Waals surface area (Å²) in [5.74, 6) is -3.48. The Kier molecular flexibility index (Phi) is 7.23. The van der Waals surface area contributed by atoms with Gasteiger partial charge in [0.05, 0.1) is 5.92 Å². The van der Waals surface area contributed by atoms with Crippen molar-refractivity contribution >= 4 is 29.7 Å². The van der Waals surface area contributed by atoms with Gasteiger partial charge in [0, 0.05) is 30.5 Å². The smallest absolute Gasteiger partial charge is 0.351 e. The minimum absolute atomic E-state index is 0.0553. The van der Waals surface area contributed by atoms with Gasteiger partial charge in [0.25, 0.3) is 0 Å². The maximum atomic E-state index is 12.6. The molecular formula is C20H21N3O10. The summed E-state index contributed by atoms with van der Waals surface area (Å²) in [6, 6.07) is 1.31. The largest absolute Gasteiger partial charge is 0.460 e. The number of aromatic nitrogens is 2. The van der Waals surface area contributed by atoms with Gasteiger partial charge in [-0.05, 0) is 0 Å². The number of nitrogens with one attached hydrogen (secondary N) is 1. The van der Waals surface area contributed by atoms with Crippen LogP contribution < -0.4 is 11.2 Å². The van der Waals surface area contributed by atoms with Crippen molar-refractivity contribution in [2.24, 2.45) is 5.92 Å². The van der Waals surface area contributed by atoms with Crippen molar-refractivity contribution in [1.82, 2.24) is 9.55 Å². The molecule has 1 saturated heterocycles. The number of carbonyl (C=O) groups is 4. The number of hydrogen-bond donors (Lipinski definition) is 1. The SMILES string of the molecule is C=CC(=O)OC[C@H]1O[C@@H](n2ccc(NOC(=O)C(C)C)nc2=O)[C@@H]2OC(=O)/C=C\C(=O)OC21. The highest BCUT2D eigenvalue weighted by Crippen LogP contribution is 2.34. The van der Waals surface area contributed by atoms with E-state index in [4.69, 9.17) is 23.8 Å². The molecule has 0 saturated carbocycles. The zero-order valence-electron chi connectivity index (χ0n) is 17.7. The van der Waals surface area contributed by atoms with Crippen LogP contribution >= 0.6 is 0 Å². The molecule has 13 heteroatoms. The maximum absolute atomic E-state index is 12.6. The van der Waals surface area contributed by atoms with Crippen LogP contribution in [0.3, 0.4) is 0 Å². The molecule has 2 aliphatic heterocycles. The Morgan fingerprint density at radius 2 is 1.88 bits per heavy atom. The monoisotopic (exact) mass is 463 g/mol. The second-order valence-corrected chi connectivity index (χ2v) is 7.22. The Balaban J connectivity index is 1.86. The number of rotatable bonds is 7. The standard InChI is InChI=1S/C20H21N3O10/c1-4-13(24)29-9-11-16-17(32-15(26)6-5-14(25)31-16)18(30-11)23-8-7-12(21-20(23)28)22-33-19(27)10(2)3/h4-8,10-11,16-18H,1,9H2,2-3H3,(H,21,22,28)/b6-5-/t11-,16?,17-,18-/m1/s1. The molecule has 1 N–H and O–H groups in total. The van der Waals surface area contributed by atoms with E-state index < -0.39 is 60.0 Å². The number of ether oxygens (including phenoxy) is 4. The summed E-state index contributed by atoms with van der Waals surface area (Å²) in [7, 11) is 0. The number of carbonyl (C=O) groups excluding carboxylic acids is 4. The van der Waals surface area contributed by atoms with Crippen LogP contribution in [-0.2, 0) is 43.0 Å². The third-order valence-corrected chi connectivity index (χ3v) is 4.53. The van der Waals surface area contributed by atoms with Gasteiger partial charge >= 0.3 is 29.6 Å². The molecule has 176 valence electrons. The molecule has 3 rings (SSSR count). The van der Waals surface area contributed by atoms with Crippen LogP contribution in [0.1, 0.15) is 20.1 Å². The zero-order valence-corrected chi connectivity index (χ0v) is 17.7. The minimum atomic E-state index is -1.27. The van der Waals surface area contributed by atoms with Crippen LogP contribution in [0.15, 0.2) is 41.9 Å². The summed E-state index contributed by atoms with van der Waals surface area (Å²) < 4.78 is 22.4. The summed E-state index contributed by atoms with van der Waals surface area (Å²) in [5, 5.41) is 0. The number of esters is 3. The molecule has 3 heterocycles. The molecule has 1 unspecified atom stereocenters. The van der Waals surface area contributed by atoms with Crippen molar-refractivity contribution < 1.29 is 43.0 Å². The van der Waals surface area contributed by atoms with Gasteiger partial charge in [0.2, 0.25) is 0 Å². The van der Waals surface area contributed by atoms with Crippen molar-refractivity contribution in [3.63, 3.8) is 0 Å². The van der Waals surface area contributed by atoms with E-state index in [-0.39, 0.29) is 12.4 Å². The van der Waals surface area contributed by atoms with E-state index in [1.54, 1.807) is 13.8 Å². The predicted molar refractivity (Wildman–Crippen MR) is 107 cm³/mol. The van der Waals surface area contributed by atoms with E-state index in [1.165, 1.54) is 12.3 Å². The van der Waals surface area contributed by atoms with Gasteiger partial charge in [-0.25, -0.2) is 29.5 Å². The molecule has 0 spiro atoms. The van der Waals surface area contributed by atoms with Crippen molar-refractivity contribution in [2.75, 3.05) is 12.1 Å². The fourth-order valence-corrected chi connectivity index (χ4v) is 2.92. The van der Waals surface area contributed by atoms with E-state index >= 15 is 0 Å². The van der Waals surface area contributed by atoms with Gasteiger partial charge in [0.1, 0.15) is 12.7 Å². The zero-order chi connectivity index (χ0) is 24.1. The van der Waals surface area contributed by atoms with Gasteiger partial charge in [-0.1, -0.05) is 20.4 Å². The molecule has 1 fully saturated rings. The van der Waals surface area contributed by atoms with Gasteiger partial charge in [0.15, 0.2) is 24.3 Å². The summed E-state index contributed by atoms with van der Waals surface area (Å²) in [4.78, 5) is 68.2. The fraction of sp³-hybridized carbons (Fsp3) is 0.400. The molecule has 0 aliphatic carbocycles. The highest BCUT2D eigenvalue weighted by Gasteiger charge is 2.51. The van der Waals surface area contributed by atoms with Crippen molar-refractivity contribution in [3.8, 4) is 0 Å². The Bertz CT molecular complexity index is 1050. The maximum Gasteiger partial charge on any atom is 0.351 e. The first kappa shape index (κ1) is 23.7. The molecule has 1 aromatic heterocycles. The Labute approximate surface area is 186 Å². The van der Waals surface area contributed by atoms with E-state index in [1.807, 2.05) is 0 Å². The third-order valence-electron chi connectivity index (χ3n) is 4.53. The quantitative estimate of drug-likeness (QED) is 0.245. The predicted octanol–water partition coefficient (Wildman–Crippen LogP) is -0.211. The molecular weight excluding hydrogens is 442 g/mol. The van der Waals surface area contributed by atoms with E-state index in [9.17, 15) is 24.0 Å². The van der Waals surface area contributed by atoms with Crippen molar-refractivity contribution in [3.05, 3.63) is 47.6 Å². The number of hydrogen-bond acceptors (Lipinski definition) is 12. The summed E-state index contributed by atoms with van der Waals surface area (Å²) in [5.41, 5.74) is 1.42. The third kappa shape index (κ3) is 5.63. The number of nitrogens with zero attached hydrogens (tertiary/aromatic N) is 2. The van der Waals surface area contributed by atoms with E-state index in [0.717, 1.165) is 22.8 Å². The summed E-state index contributed by atoms with van der Waals surface area (Å²) in [6.07, 6.45) is -0.833. The molecule has 4 atom stereocenters.